The average molecular weight is 328 g/mol. The van der Waals surface area contributed by atoms with E-state index in [0.717, 1.165) is 12.1 Å². The molecular formula is C14H12ClF2N3O2. The van der Waals surface area contributed by atoms with Gasteiger partial charge in [-0.15, -0.1) is 0 Å². The summed E-state index contributed by atoms with van der Waals surface area (Å²) in [5, 5.41) is 3.13. The van der Waals surface area contributed by atoms with Crippen molar-refractivity contribution in [3.8, 4) is 5.75 Å². The normalized spacial score (nSPS) is 10.3. The zero-order valence-electron chi connectivity index (χ0n) is 11.3. The Balaban J connectivity index is 1.86. The van der Waals surface area contributed by atoms with Crippen molar-refractivity contribution in [3.63, 3.8) is 0 Å². The summed E-state index contributed by atoms with van der Waals surface area (Å²) in [7, 11) is 0. The van der Waals surface area contributed by atoms with Gasteiger partial charge in [-0.2, -0.15) is 0 Å². The largest absolute Gasteiger partial charge is 0.492 e. The summed E-state index contributed by atoms with van der Waals surface area (Å²) in [4.78, 5) is 14.9. The highest BCUT2D eigenvalue weighted by Gasteiger charge is 2.07. The van der Waals surface area contributed by atoms with Gasteiger partial charge in [0.1, 0.15) is 18.2 Å². The van der Waals surface area contributed by atoms with Crippen molar-refractivity contribution in [1.82, 2.24) is 4.98 Å². The molecule has 0 saturated heterocycles. The van der Waals surface area contributed by atoms with Crippen molar-refractivity contribution < 1.29 is 18.3 Å². The minimum atomic E-state index is -0.975. The summed E-state index contributed by atoms with van der Waals surface area (Å²) in [6, 6.07) is 4.67. The van der Waals surface area contributed by atoms with Crippen LogP contribution in [0.15, 0.2) is 30.5 Å². The van der Waals surface area contributed by atoms with E-state index >= 15 is 0 Å². The zero-order chi connectivity index (χ0) is 16.1. The number of rotatable bonds is 6. The summed E-state index contributed by atoms with van der Waals surface area (Å²) >= 11 is 5.94. The Morgan fingerprint density at radius 1 is 1.32 bits per heavy atom. The molecule has 0 spiro atoms. The maximum atomic E-state index is 13.0. The fourth-order valence-electron chi connectivity index (χ4n) is 1.61. The molecule has 0 atom stereocenters. The van der Waals surface area contributed by atoms with Gasteiger partial charge in [0.05, 0.1) is 17.1 Å². The second-order valence-corrected chi connectivity index (χ2v) is 4.68. The molecule has 3 N–H and O–H groups in total. The Bertz CT molecular complexity index is 698. The van der Waals surface area contributed by atoms with Crippen LogP contribution in [0.2, 0.25) is 5.02 Å². The van der Waals surface area contributed by atoms with E-state index in [1.54, 1.807) is 0 Å². The van der Waals surface area contributed by atoms with Gasteiger partial charge in [-0.25, -0.2) is 13.8 Å². The van der Waals surface area contributed by atoms with Gasteiger partial charge in [0.15, 0.2) is 11.6 Å². The number of pyridine rings is 1. The highest BCUT2D eigenvalue weighted by molar-refractivity contribution is 6.33. The number of primary amides is 1. The van der Waals surface area contributed by atoms with Crippen molar-refractivity contribution in [2.24, 2.45) is 5.73 Å². The molecule has 8 heteroatoms. The molecular weight excluding hydrogens is 316 g/mol. The summed E-state index contributed by atoms with van der Waals surface area (Å²) < 4.78 is 31.0. The van der Waals surface area contributed by atoms with Crippen molar-refractivity contribution >= 4 is 23.3 Å². The number of ether oxygens (including phenoxy) is 1. The average Bonchev–Trinajstić information content (AvgIpc) is 2.48. The summed E-state index contributed by atoms with van der Waals surface area (Å²) in [5.41, 5.74) is 5.31. The summed E-state index contributed by atoms with van der Waals surface area (Å²) in [5.74, 6) is -1.96. The quantitative estimate of drug-likeness (QED) is 0.799. The van der Waals surface area contributed by atoms with Gasteiger partial charge >= 0.3 is 0 Å². The fourth-order valence-corrected chi connectivity index (χ4v) is 1.84. The van der Waals surface area contributed by atoms with E-state index in [1.807, 2.05) is 0 Å². The molecule has 2 rings (SSSR count). The first-order chi connectivity index (χ1) is 10.5. The number of anilines is 1. The Labute approximate surface area is 130 Å². The highest BCUT2D eigenvalue weighted by atomic mass is 35.5. The van der Waals surface area contributed by atoms with E-state index in [0.29, 0.717) is 12.4 Å². The number of halogens is 3. The molecule has 0 radical (unpaired) electrons. The maximum absolute atomic E-state index is 13.0. The predicted molar refractivity (Wildman–Crippen MR) is 78.1 cm³/mol. The SMILES string of the molecule is NC(=O)c1cnc(NCCOc2ccc(F)c(F)c2)c(Cl)c1. The lowest BCUT2D eigenvalue weighted by atomic mass is 10.3. The summed E-state index contributed by atoms with van der Waals surface area (Å²) in [6.45, 7) is 0.502. The third-order valence-corrected chi connectivity index (χ3v) is 2.97. The van der Waals surface area contributed by atoms with Crippen LogP contribution in [0.3, 0.4) is 0 Å². The Hall–Kier alpha value is -2.41. The lowest BCUT2D eigenvalue weighted by Crippen LogP contribution is -2.14. The van der Waals surface area contributed by atoms with E-state index in [4.69, 9.17) is 22.1 Å². The fraction of sp³-hybridized carbons (Fsp3) is 0.143. The molecule has 0 aliphatic carbocycles. The van der Waals surface area contributed by atoms with Crippen molar-refractivity contribution in [1.29, 1.82) is 0 Å². The number of nitrogens with zero attached hydrogens (tertiary/aromatic N) is 1. The van der Waals surface area contributed by atoms with Crippen LogP contribution >= 0.6 is 11.6 Å². The van der Waals surface area contributed by atoms with Crippen LogP contribution in [0.1, 0.15) is 10.4 Å². The van der Waals surface area contributed by atoms with Crippen LogP contribution in [0.25, 0.3) is 0 Å². The lowest BCUT2D eigenvalue weighted by Gasteiger charge is -2.09. The van der Waals surface area contributed by atoms with Crippen LogP contribution in [0, 0.1) is 11.6 Å². The number of amides is 1. The van der Waals surface area contributed by atoms with E-state index in [2.05, 4.69) is 10.3 Å². The number of nitrogens with two attached hydrogens (primary N) is 1. The highest BCUT2D eigenvalue weighted by Crippen LogP contribution is 2.20. The van der Waals surface area contributed by atoms with Gasteiger partial charge in [0.2, 0.25) is 5.91 Å². The van der Waals surface area contributed by atoms with Crippen molar-refractivity contribution in [3.05, 3.63) is 52.7 Å². The standard InChI is InChI=1S/C14H12ClF2N3O2/c15-10-5-8(13(18)21)7-20-14(10)19-3-4-22-9-1-2-11(16)12(17)6-9/h1-2,5-7H,3-4H2,(H2,18,21)(H,19,20). The number of aromatic nitrogens is 1. The molecule has 0 unspecified atom stereocenters. The second-order valence-electron chi connectivity index (χ2n) is 4.27. The first kappa shape index (κ1) is 16.0. The third-order valence-electron chi connectivity index (χ3n) is 2.68. The molecule has 0 saturated carbocycles. The van der Waals surface area contributed by atoms with E-state index in [9.17, 15) is 13.6 Å². The third kappa shape index (κ3) is 4.05. The molecule has 22 heavy (non-hydrogen) atoms. The maximum Gasteiger partial charge on any atom is 0.250 e. The van der Waals surface area contributed by atoms with Gasteiger partial charge in [-0.3, -0.25) is 4.79 Å². The van der Waals surface area contributed by atoms with Crippen LogP contribution in [0.4, 0.5) is 14.6 Å². The van der Waals surface area contributed by atoms with Crippen molar-refractivity contribution in [2.75, 3.05) is 18.5 Å². The number of carbonyl (C=O) groups excluding carboxylic acids is 1. The molecule has 1 heterocycles. The smallest absolute Gasteiger partial charge is 0.250 e. The molecule has 0 fully saturated rings. The lowest BCUT2D eigenvalue weighted by molar-refractivity contribution is 0.1000. The van der Waals surface area contributed by atoms with E-state index < -0.39 is 17.5 Å². The van der Waals surface area contributed by atoms with Gasteiger partial charge in [0.25, 0.3) is 0 Å². The first-order valence-electron chi connectivity index (χ1n) is 6.24. The Kier molecular flexibility index (Phi) is 5.11. The number of hydrogen-bond acceptors (Lipinski definition) is 4. The minimum Gasteiger partial charge on any atom is -0.492 e. The molecule has 0 aliphatic heterocycles. The monoisotopic (exact) mass is 327 g/mol. The number of nitrogens with one attached hydrogen (secondary N) is 1. The van der Waals surface area contributed by atoms with Gasteiger partial charge < -0.3 is 15.8 Å². The molecule has 1 aromatic carbocycles. The van der Waals surface area contributed by atoms with Gasteiger partial charge in [-0.05, 0) is 18.2 Å². The summed E-state index contributed by atoms with van der Waals surface area (Å²) in [6.07, 6.45) is 1.30. The van der Waals surface area contributed by atoms with Crippen LogP contribution in [-0.4, -0.2) is 24.0 Å². The first-order valence-corrected chi connectivity index (χ1v) is 6.62. The number of benzene rings is 1. The Morgan fingerprint density at radius 2 is 2.09 bits per heavy atom. The van der Waals surface area contributed by atoms with Gasteiger partial charge in [-0.1, -0.05) is 11.6 Å². The molecule has 5 nitrogen and oxygen atoms in total. The van der Waals surface area contributed by atoms with E-state index in [-0.39, 0.29) is 22.9 Å². The predicted octanol–water partition coefficient (Wildman–Crippen LogP) is 2.60. The molecule has 2 aromatic rings. The zero-order valence-corrected chi connectivity index (χ0v) is 12.0. The molecule has 0 bridgehead atoms. The molecule has 1 amide bonds. The molecule has 0 aliphatic rings. The van der Waals surface area contributed by atoms with E-state index in [1.165, 1.54) is 18.3 Å². The second kappa shape index (κ2) is 7.04. The van der Waals surface area contributed by atoms with Crippen molar-refractivity contribution in [2.45, 2.75) is 0 Å². The van der Waals surface area contributed by atoms with Crippen LogP contribution < -0.4 is 15.8 Å². The van der Waals surface area contributed by atoms with Crippen LogP contribution in [-0.2, 0) is 0 Å². The van der Waals surface area contributed by atoms with Crippen LogP contribution in [0.5, 0.6) is 5.75 Å². The van der Waals surface area contributed by atoms with Gasteiger partial charge in [0, 0.05) is 12.3 Å². The topological polar surface area (TPSA) is 77.2 Å². The number of hydrogen-bond donors (Lipinski definition) is 2. The Morgan fingerprint density at radius 3 is 2.73 bits per heavy atom. The minimum absolute atomic E-state index is 0.181. The molecule has 1 aromatic heterocycles. The molecule has 116 valence electrons. The number of carbonyl (C=O) groups is 1.